The second-order valence-electron chi connectivity index (χ2n) is 4.77. The van der Waals surface area contributed by atoms with E-state index in [0.717, 1.165) is 5.75 Å². The molecule has 0 saturated heterocycles. The van der Waals surface area contributed by atoms with Gasteiger partial charge in [-0.15, -0.1) is 0 Å². The number of methoxy groups -OCH3 is 2. The monoisotopic (exact) mass is 335 g/mol. The molecule has 5 nitrogen and oxygen atoms in total. The Morgan fingerprint density at radius 1 is 1.04 bits per heavy atom. The third kappa shape index (κ3) is 4.53. The van der Waals surface area contributed by atoms with Crippen LogP contribution in [0.25, 0.3) is 0 Å². The van der Waals surface area contributed by atoms with Crippen molar-refractivity contribution in [1.29, 1.82) is 0 Å². The summed E-state index contributed by atoms with van der Waals surface area (Å²) in [5.74, 6) is 1.58. The van der Waals surface area contributed by atoms with Gasteiger partial charge in [0.2, 0.25) is 0 Å². The molecular weight excluding hydrogens is 318 g/mol. The van der Waals surface area contributed by atoms with Crippen molar-refractivity contribution in [3.63, 3.8) is 0 Å². The van der Waals surface area contributed by atoms with Crippen LogP contribution in [0.2, 0.25) is 5.02 Å². The minimum atomic E-state index is -0.663. The molecular formula is C17H18ClNO4. The molecule has 2 aromatic carbocycles. The lowest BCUT2D eigenvalue weighted by Crippen LogP contribution is -2.30. The number of carbonyl (C=O) groups excluding carboxylic acids is 1. The van der Waals surface area contributed by atoms with Crippen LogP contribution in [0.1, 0.15) is 6.92 Å². The van der Waals surface area contributed by atoms with Crippen LogP contribution in [-0.4, -0.2) is 26.2 Å². The fourth-order valence-electron chi connectivity index (χ4n) is 1.90. The molecule has 2 aromatic rings. The Bertz CT molecular complexity index is 673. The van der Waals surface area contributed by atoms with Crippen molar-refractivity contribution >= 4 is 23.2 Å². The first-order valence-corrected chi connectivity index (χ1v) is 7.36. The van der Waals surface area contributed by atoms with Crippen LogP contribution >= 0.6 is 11.6 Å². The summed E-state index contributed by atoms with van der Waals surface area (Å²) >= 11 is 6.03. The highest BCUT2D eigenvalue weighted by molar-refractivity contribution is 6.32. The van der Waals surface area contributed by atoms with Gasteiger partial charge in [0, 0.05) is 5.69 Å². The van der Waals surface area contributed by atoms with E-state index in [0.29, 0.717) is 22.2 Å². The van der Waals surface area contributed by atoms with E-state index in [1.807, 2.05) is 0 Å². The second-order valence-corrected chi connectivity index (χ2v) is 5.18. The lowest BCUT2D eigenvalue weighted by Gasteiger charge is -2.15. The van der Waals surface area contributed by atoms with E-state index in [4.69, 9.17) is 25.8 Å². The number of ether oxygens (including phenoxy) is 3. The second kappa shape index (κ2) is 7.74. The summed E-state index contributed by atoms with van der Waals surface area (Å²) in [6.07, 6.45) is -0.663. The van der Waals surface area contributed by atoms with Gasteiger partial charge in [-0.05, 0) is 49.4 Å². The van der Waals surface area contributed by atoms with Crippen molar-refractivity contribution in [2.45, 2.75) is 13.0 Å². The summed E-state index contributed by atoms with van der Waals surface area (Å²) in [7, 11) is 3.12. The normalized spacial score (nSPS) is 11.5. The molecule has 0 aliphatic heterocycles. The van der Waals surface area contributed by atoms with Crippen LogP contribution in [0.5, 0.6) is 17.2 Å². The first kappa shape index (κ1) is 17.0. The van der Waals surface area contributed by atoms with E-state index < -0.39 is 6.10 Å². The molecule has 1 N–H and O–H groups in total. The van der Waals surface area contributed by atoms with Crippen LogP contribution < -0.4 is 19.5 Å². The molecule has 0 aliphatic carbocycles. The van der Waals surface area contributed by atoms with E-state index in [-0.39, 0.29) is 5.91 Å². The summed E-state index contributed by atoms with van der Waals surface area (Å²) in [6, 6.07) is 12.0. The molecule has 0 spiro atoms. The van der Waals surface area contributed by atoms with Gasteiger partial charge in [-0.1, -0.05) is 11.6 Å². The summed E-state index contributed by atoms with van der Waals surface area (Å²) in [5, 5.41) is 3.17. The molecule has 6 heteroatoms. The predicted molar refractivity (Wildman–Crippen MR) is 89.7 cm³/mol. The molecule has 23 heavy (non-hydrogen) atoms. The molecule has 1 amide bonds. The lowest BCUT2D eigenvalue weighted by molar-refractivity contribution is -0.122. The number of carbonyl (C=O) groups is 1. The predicted octanol–water partition coefficient (Wildman–Crippen LogP) is 3.76. The standard InChI is InChI=1S/C17H18ClNO4/c1-11(23-14-7-5-13(21-2)6-8-14)17(20)19-12-4-9-16(22-3)15(18)10-12/h4-11H,1-3H3,(H,19,20)/t11-/m0/s1. The maximum absolute atomic E-state index is 12.2. The highest BCUT2D eigenvalue weighted by atomic mass is 35.5. The Balaban J connectivity index is 1.97. The third-order valence-electron chi connectivity index (χ3n) is 3.16. The molecule has 0 aromatic heterocycles. The maximum Gasteiger partial charge on any atom is 0.265 e. The smallest absolute Gasteiger partial charge is 0.265 e. The lowest BCUT2D eigenvalue weighted by atomic mass is 10.2. The van der Waals surface area contributed by atoms with E-state index in [1.54, 1.807) is 56.5 Å². The summed E-state index contributed by atoms with van der Waals surface area (Å²) < 4.78 is 15.7. The highest BCUT2D eigenvalue weighted by Gasteiger charge is 2.15. The van der Waals surface area contributed by atoms with E-state index in [1.165, 1.54) is 7.11 Å². The summed E-state index contributed by atoms with van der Waals surface area (Å²) in [4.78, 5) is 12.2. The maximum atomic E-state index is 12.2. The molecule has 1 atom stereocenters. The third-order valence-corrected chi connectivity index (χ3v) is 3.46. The Labute approximate surface area is 140 Å². The highest BCUT2D eigenvalue weighted by Crippen LogP contribution is 2.27. The Morgan fingerprint density at radius 3 is 2.26 bits per heavy atom. The number of nitrogens with one attached hydrogen (secondary N) is 1. The number of halogens is 1. The van der Waals surface area contributed by atoms with Crippen LogP contribution in [0.4, 0.5) is 5.69 Å². The SMILES string of the molecule is COc1ccc(O[C@@H](C)C(=O)Nc2ccc(OC)c(Cl)c2)cc1. The fraction of sp³-hybridized carbons (Fsp3) is 0.235. The Morgan fingerprint density at radius 2 is 1.70 bits per heavy atom. The number of benzene rings is 2. The molecule has 122 valence electrons. The average molecular weight is 336 g/mol. The van der Waals surface area contributed by atoms with Crippen LogP contribution in [-0.2, 0) is 4.79 Å². The number of anilines is 1. The fourth-order valence-corrected chi connectivity index (χ4v) is 2.16. The van der Waals surface area contributed by atoms with Crippen molar-refractivity contribution in [3.05, 3.63) is 47.5 Å². The number of amides is 1. The molecule has 0 radical (unpaired) electrons. The van der Waals surface area contributed by atoms with Crippen molar-refractivity contribution < 1.29 is 19.0 Å². The zero-order valence-electron chi connectivity index (χ0n) is 13.1. The van der Waals surface area contributed by atoms with E-state index in [9.17, 15) is 4.79 Å². The molecule has 0 saturated carbocycles. The molecule has 0 aliphatic rings. The van der Waals surface area contributed by atoms with Crippen LogP contribution in [0, 0.1) is 0 Å². The van der Waals surface area contributed by atoms with Crippen LogP contribution in [0.3, 0.4) is 0 Å². The van der Waals surface area contributed by atoms with Gasteiger partial charge in [0.25, 0.3) is 5.91 Å². The summed E-state index contributed by atoms with van der Waals surface area (Å²) in [5.41, 5.74) is 0.575. The van der Waals surface area contributed by atoms with Gasteiger partial charge < -0.3 is 19.5 Å². The van der Waals surface area contributed by atoms with Gasteiger partial charge in [0.05, 0.1) is 19.2 Å². The van der Waals surface area contributed by atoms with Gasteiger partial charge in [0.1, 0.15) is 17.2 Å². The Hall–Kier alpha value is -2.40. The average Bonchev–Trinajstić information content (AvgIpc) is 2.55. The van der Waals surface area contributed by atoms with E-state index in [2.05, 4.69) is 5.32 Å². The zero-order chi connectivity index (χ0) is 16.8. The number of hydrogen-bond acceptors (Lipinski definition) is 4. The molecule has 2 rings (SSSR count). The van der Waals surface area contributed by atoms with Gasteiger partial charge in [-0.3, -0.25) is 4.79 Å². The number of rotatable bonds is 6. The topological polar surface area (TPSA) is 56.8 Å². The van der Waals surface area contributed by atoms with Gasteiger partial charge in [-0.25, -0.2) is 0 Å². The molecule has 0 heterocycles. The summed E-state index contributed by atoms with van der Waals surface area (Å²) in [6.45, 7) is 1.67. The zero-order valence-corrected chi connectivity index (χ0v) is 13.9. The van der Waals surface area contributed by atoms with Crippen LogP contribution in [0.15, 0.2) is 42.5 Å². The minimum absolute atomic E-state index is 0.276. The molecule has 0 unspecified atom stereocenters. The number of hydrogen-bond donors (Lipinski definition) is 1. The molecule has 0 fully saturated rings. The molecule has 0 bridgehead atoms. The Kier molecular flexibility index (Phi) is 5.71. The van der Waals surface area contributed by atoms with Crippen molar-refractivity contribution in [2.24, 2.45) is 0 Å². The van der Waals surface area contributed by atoms with Gasteiger partial charge in [0.15, 0.2) is 6.10 Å². The van der Waals surface area contributed by atoms with Gasteiger partial charge in [-0.2, -0.15) is 0 Å². The van der Waals surface area contributed by atoms with Crippen molar-refractivity contribution in [1.82, 2.24) is 0 Å². The minimum Gasteiger partial charge on any atom is -0.497 e. The van der Waals surface area contributed by atoms with Crippen molar-refractivity contribution in [2.75, 3.05) is 19.5 Å². The van der Waals surface area contributed by atoms with E-state index >= 15 is 0 Å². The van der Waals surface area contributed by atoms with Crippen molar-refractivity contribution in [3.8, 4) is 17.2 Å². The first-order chi connectivity index (χ1) is 11.0. The van der Waals surface area contributed by atoms with Gasteiger partial charge >= 0.3 is 0 Å². The first-order valence-electron chi connectivity index (χ1n) is 6.98. The quantitative estimate of drug-likeness (QED) is 0.873. The largest absolute Gasteiger partial charge is 0.497 e.